The van der Waals surface area contributed by atoms with Crippen LogP contribution < -0.4 is 0 Å². The molecule has 4 aliphatic carbocycles. The number of aliphatic hydroxyl groups excluding tert-OH is 7. The Balaban J connectivity index is 0.942. The summed E-state index contributed by atoms with van der Waals surface area (Å²) in [5.74, 6) is 3.51. The van der Waals surface area contributed by atoms with Gasteiger partial charge in [-0.3, -0.25) is 0 Å². The molecule has 0 aromatic carbocycles. The largest absolute Gasteiger partial charge is 0.394 e. The minimum Gasteiger partial charge on any atom is -0.394 e. The third-order valence-corrected chi connectivity index (χ3v) is 16.2. The van der Waals surface area contributed by atoms with Crippen molar-refractivity contribution in [1.29, 1.82) is 0 Å². The molecule has 0 aromatic heterocycles. The van der Waals surface area contributed by atoms with E-state index in [1.807, 2.05) is 0 Å². The zero-order valence-corrected chi connectivity index (χ0v) is 31.2. The average molecular weight is 741 g/mol. The summed E-state index contributed by atoms with van der Waals surface area (Å²) in [6, 6.07) is 0. The lowest BCUT2D eigenvalue weighted by Gasteiger charge is -2.61. The summed E-state index contributed by atoms with van der Waals surface area (Å²) in [5.41, 5.74) is 0.425. The lowest BCUT2D eigenvalue weighted by molar-refractivity contribution is -0.373. The maximum atomic E-state index is 11.1. The summed E-state index contributed by atoms with van der Waals surface area (Å²) in [6.45, 7) is 9.33. The van der Waals surface area contributed by atoms with E-state index in [1.54, 1.807) is 0 Å². The van der Waals surface area contributed by atoms with E-state index in [4.69, 9.17) is 28.4 Å². The maximum Gasteiger partial charge on any atom is 0.187 e. The monoisotopic (exact) mass is 740 g/mol. The molecule has 4 saturated carbocycles. The first-order chi connectivity index (χ1) is 24.7. The Kier molecular flexibility index (Phi) is 10.4. The second-order valence-electron chi connectivity index (χ2n) is 18.7. The molecule has 8 aliphatic rings. The van der Waals surface area contributed by atoms with Gasteiger partial charge in [0, 0.05) is 12.3 Å². The van der Waals surface area contributed by atoms with Gasteiger partial charge in [-0.25, -0.2) is 0 Å². The Labute approximate surface area is 307 Å². The molecule has 52 heavy (non-hydrogen) atoms. The first-order valence-electron chi connectivity index (χ1n) is 20.3. The van der Waals surface area contributed by atoms with Crippen molar-refractivity contribution in [3.8, 4) is 0 Å². The standard InChI is InChI=1S/C39H64O13/c1-18-7-12-39(47-17-18)19(2)28-25(52-39)14-24-22-6-5-20-13-21(8-10-37(20,3)23(22)9-11-38(24,28)4)48-36-34(32(45)30(43)27(16-41)50-36)51-35-33(46)31(44)29(42)26(15-40)49-35/h18-36,40-46H,5-17H2,1-4H3/t18?,19-,20?,21?,22?,23?,24?,25?,26?,27?,28-,29?,30?,31?,32?,33?,34?,35?,36?,37-,38-,39?/m0/s1. The van der Waals surface area contributed by atoms with Crippen LogP contribution >= 0.6 is 0 Å². The lowest BCUT2D eigenvalue weighted by atomic mass is 9.44. The molecular formula is C39H64O13. The Bertz CT molecular complexity index is 1260. The van der Waals surface area contributed by atoms with Crippen molar-refractivity contribution in [2.24, 2.45) is 52.3 Å². The van der Waals surface area contributed by atoms with Gasteiger partial charge in [-0.1, -0.05) is 27.7 Å². The fourth-order valence-corrected chi connectivity index (χ4v) is 13.2. The van der Waals surface area contributed by atoms with Crippen LogP contribution in [0, 0.1) is 52.3 Å². The number of hydrogen-bond acceptors (Lipinski definition) is 13. The van der Waals surface area contributed by atoms with Crippen molar-refractivity contribution in [3.05, 3.63) is 0 Å². The van der Waals surface area contributed by atoms with Gasteiger partial charge in [0.15, 0.2) is 18.4 Å². The lowest BCUT2D eigenvalue weighted by Crippen LogP contribution is -2.65. The van der Waals surface area contributed by atoms with Crippen molar-refractivity contribution >= 4 is 0 Å². The SMILES string of the molecule is CC1CCC2(OC1)OC1CC3C4CCC5CC(OC6OC(CO)C(O)C(O)C6OC6OC(CO)C(O)C(O)C6O)CC[C@]5(C)C4CC[C@]3(C)[C@H]1[C@@H]2C. The quantitative estimate of drug-likeness (QED) is 0.194. The first kappa shape index (κ1) is 38.4. The van der Waals surface area contributed by atoms with Crippen molar-refractivity contribution in [2.75, 3.05) is 19.8 Å². The van der Waals surface area contributed by atoms with Crippen LogP contribution in [0.4, 0.5) is 0 Å². The molecule has 7 N–H and O–H groups in total. The highest BCUT2D eigenvalue weighted by molar-refractivity contribution is 5.15. The summed E-state index contributed by atoms with van der Waals surface area (Å²) < 4.78 is 37.5. The predicted molar refractivity (Wildman–Crippen MR) is 183 cm³/mol. The van der Waals surface area contributed by atoms with E-state index >= 15 is 0 Å². The predicted octanol–water partition coefficient (Wildman–Crippen LogP) is 1.44. The van der Waals surface area contributed by atoms with Crippen LogP contribution in [-0.4, -0.2) is 135 Å². The molecule has 22 atom stereocenters. The Morgan fingerprint density at radius 3 is 2.06 bits per heavy atom. The summed E-state index contributed by atoms with van der Waals surface area (Å²) in [4.78, 5) is 0. The molecule has 8 rings (SSSR count). The molecule has 0 aromatic rings. The second kappa shape index (κ2) is 14.1. The van der Waals surface area contributed by atoms with E-state index in [2.05, 4.69) is 27.7 Å². The topological polar surface area (TPSA) is 197 Å². The summed E-state index contributed by atoms with van der Waals surface area (Å²) in [5, 5.41) is 72.7. The van der Waals surface area contributed by atoms with Gasteiger partial charge in [-0.2, -0.15) is 0 Å². The van der Waals surface area contributed by atoms with Crippen LogP contribution in [0.15, 0.2) is 0 Å². The van der Waals surface area contributed by atoms with E-state index in [-0.39, 0.29) is 23.0 Å². The molecular weight excluding hydrogens is 676 g/mol. The first-order valence-corrected chi connectivity index (χ1v) is 20.3. The minimum atomic E-state index is -1.71. The molecule has 1 spiro atoms. The zero-order chi connectivity index (χ0) is 36.9. The van der Waals surface area contributed by atoms with E-state index < -0.39 is 80.4 Å². The molecule has 0 bridgehead atoms. The van der Waals surface area contributed by atoms with Crippen LogP contribution in [0.2, 0.25) is 0 Å². The smallest absolute Gasteiger partial charge is 0.187 e. The van der Waals surface area contributed by atoms with Crippen LogP contribution in [0.1, 0.15) is 91.9 Å². The highest BCUT2D eigenvalue weighted by atomic mass is 16.8. The fraction of sp³-hybridized carbons (Fsp3) is 1.00. The van der Waals surface area contributed by atoms with E-state index in [1.165, 1.54) is 25.7 Å². The highest BCUT2D eigenvalue weighted by Gasteiger charge is 2.69. The van der Waals surface area contributed by atoms with Crippen molar-refractivity contribution in [1.82, 2.24) is 0 Å². The van der Waals surface area contributed by atoms with Gasteiger partial charge >= 0.3 is 0 Å². The summed E-state index contributed by atoms with van der Waals surface area (Å²) in [7, 11) is 0. The molecule has 0 amide bonds. The molecule has 298 valence electrons. The molecule has 4 saturated heterocycles. The van der Waals surface area contributed by atoms with Crippen molar-refractivity contribution in [3.63, 3.8) is 0 Å². The molecule has 0 radical (unpaired) electrons. The second-order valence-corrected chi connectivity index (χ2v) is 18.7. The molecule has 13 nitrogen and oxygen atoms in total. The Morgan fingerprint density at radius 2 is 1.37 bits per heavy atom. The Hall–Kier alpha value is -0.520. The zero-order valence-electron chi connectivity index (χ0n) is 31.2. The van der Waals surface area contributed by atoms with Gasteiger partial charge in [-0.05, 0) is 104 Å². The van der Waals surface area contributed by atoms with Crippen molar-refractivity contribution < 1.29 is 64.2 Å². The third kappa shape index (κ3) is 5.98. The van der Waals surface area contributed by atoms with Crippen molar-refractivity contribution in [2.45, 2.75) is 171 Å². The number of rotatable bonds is 6. The average Bonchev–Trinajstić information content (AvgIpc) is 3.58. The van der Waals surface area contributed by atoms with E-state index in [0.29, 0.717) is 41.4 Å². The highest BCUT2D eigenvalue weighted by Crippen LogP contribution is 2.71. The fourth-order valence-electron chi connectivity index (χ4n) is 13.2. The summed E-state index contributed by atoms with van der Waals surface area (Å²) >= 11 is 0. The summed E-state index contributed by atoms with van der Waals surface area (Å²) in [6.07, 6.45) is -3.88. The van der Waals surface area contributed by atoms with Gasteiger partial charge in [0.2, 0.25) is 0 Å². The third-order valence-electron chi connectivity index (χ3n) is 16.2. The number of fused-ring (bicyclic) bond motifs is 7. The molecule has 8 fully saturated rings. The van der Waals surface area contributed by atoms with Gasteiger partial charge < -0.3 is 64.2 Å². The minimum absolute atomic E-state index is 0.168. The molecule has 4 heterocycles. The van der Waals surface area contributed by atoms with Crippen LogP contribution in [0.25, 0.3) is 0 Å². The molecule has 4 aliphatic heterocycles. The normalized spacial score (nSPS) is 59.0. The Morgan fingerprint density at radius 1 is 0.673 bits per heavy atom. The van der Waals surface area contributed by atoms with E-state index in [0.717, 1.165) is 45.1 Å². The van der Waals surface area contributed by atoms with Gasteiger partial charge in [0.25, 0.3) is 0 Å². The molecule has 18 unspecified atom stereocenters. The van der Waals surface area contributed by atoms with Gasteiger partial charge in [0.1, 0.15) is 48.8 Å². The maximum absolute atomic E-state index is 11.1. The van der Waals surface area contributed by atoms with Crippen LogP contribution in [-0.2, 0) is 28.4 Å². The number of hydrogen-bond donors (Lipinski definition) is 7. The van der Waals surface area contributed by atoms with E-state index in [9.17, 15) is 35.7 Å². The van der Waals surface area contributed by atoms with Crippen LogP contribution in [0.3, 0.4) is 0 Å². The number of aliphatic hydroxyl groups is 7. The van der Waals surface area contributed by atoms with Gasteiger partial charge in [-0.15, -0.1) is 0 Å². The van der Waals surface area contributed by atoms with Gasteiger partial charge in [0.05, 0.1) is 32.0 Å². The molecule has 13 heteroatoms. The van der Waals surface area contributed by atoms with Crippen LogP contribution in [0.5, 0.6) is 0 Å². The number of ether oxygens (including phenoxy) is 6.